The first kappa shape index (κ1) is 23.0. The van der Waals surface area contributed by atoms with Crippen LogP contribution >= 0.6 is 47.1 Å². The van der Waals surface area contributed by atoms with Crippen molar-refractivity contribution in [1.29, 1.82) is 0 Å². The maximum Gasteiger partial charge on any atom is 0.191 e. The van der Waals surface area contributed by atoms with Crippen LogP contribution in [0.25, 0.3) is 0 Å². The molecular formula is C18H32IN3OS2. The van der Waals surface area contributed by atoms with Gasteiger partial charge in [-0.3, -0.25) is 4.99 Å². The predicted octanol–water partition coefficient (Wildman–Crippen LogP) is 4.33. The van der Waals surface area contributed by atoms with Crippen LogP contribution in [0.15, 0.2) is 21.8 Å². The van der Waals surface area contributed by atoms with E-state index in [0.717, 1.165) is 57.4 Å². The van der Waals surface area contributed by atoms with Crippen molar-refractivity contribution >= 4 is 53.0 Å². The van der Waals surface area contributed by atoms with Crippen LogP contribution in [0.5, 0.6) is 0 Å². The van der Waals surface area contributed by atoms with Gasteiger partial charge < -0.3 is 15.4 Å². The number of rotatable bonds is 8. The number of ether oxygens (including phenoxy) is 1. The summed E-state index contributed by atoms with van der Waals surface area (Å²) in [6, 6.07) is 2.20. The Labute approximate surface area is 178 Å². The van der Waals surface area contributed by atoms with Crippen molar-refractivity contribution in [2.24, 2.45) is 4.99 Å². The third kappa shape index (κ3) is 7.64. The zero-order valence-electron chi connectivity index (χ0n) is 15.5. The molecule has 0 saturated carbocycles. The lowest BCUT2D eigenvalue weighted by atomic mass is 9.99. The number of halogens is 1. The second-order valence-corrected chi connectivity index (χ2v) is 8.77. The van der Waals surface area contributed by atoms with Crippen LogP contribution < -0.4 is 10.6 Å². The number of thioether (sulfide) groups is 1. The molecule has 1 saturated heterocycles. The first-order valence-corrected chi connectivity index (χ1v) is 10.9. The summed E-state index contributed by atoms with van der Waals surface area (Å²) in [4.78, 5) is 4.90. The first-order chi connectivity index (χ1) is 11.7. The summed E-state index contributed by atoms with van der Waals surface area (Å²) < 4.78 is 5.80. The molecular weight excluding hydrogens is 465 g/mol. The van der Waals surface area contributed by atoms with E-state index in [-0.39, 0.29) is 28.7 Å². The van der Waals surface area contributed by atoms with Gasteiger partial charge in [-0.1, -0.05) is 13.8 Å². The van der Waals surface area contributed by atoms with E-state index in [9.17, 15) is 0 Å². The fourth-order valence-corrected chi connectivity index (χ4v) is 4.89. The van der Waals surface area contributed by atoms with E-state index in [1.165, 1.54) is 5.56 Å². The highest BCUT2D eigenvalue weighted by atomic mass is 127. The number of hydrogen-bond donors (Lipinski definition) is 2. The molecule has 0 radical (unpaired) electrons. The van der Waals surface area contributed by atoms with E-state index in [2.05, 4.69) is 48.2 Å². The second-order valence-electron chi connectivity index (χ2n) is 6.26. The minimum atomic E-state index is 0. The summed E-state index contributed by atoms with van der Waals surface area (Å²) in [6.07, 6.45) is 2.19. The van der Waals surface area contributed by atoms with Gasteiger partial charge in [0.15, 0.2) is 5.96 Å². The molecule has 2 heterocycles. The Morgan fingerprint density at radius 1 is 1.36 bits per heavy atom. The van der Waals surface area contributed by atoms with Gasteiger partial charge in [-0.05, 0) is 53.8 Å². The molecule has 25 heavy (non-hydrogen) atoms. The van der Waals surface area contributed by atoms with Crippen molar-refractivity contribution in [1.82, 2.24) is 10.6 Å². The Bertz CT molecular complexity index is 485. The number of aliphatic imine (C=N–C) groups is 1. The van der Waals surface area contributed by atoms with Crippen LogP contribution in [-0.2, 0) is 4.74 Å². The monoisotopic (exact) mass is 497 g/mol. The topological polar surface area (TPSA) is 45.7 Å². The van der Waals surface area contributed by atoms with Gasteiger partial charge in [-0.2, -0.15) is 23.1 Å². The summed E-state index contributed by atoms with van der Waals surface area (Å²) >= 11 is 3.80. The summed E-state index contributed by atoms with van der Waals surface area (Å²) in [5.41, 5.74) is 1.39. The molecule has 1 unspecified atom stereocenters. The molecule has 0 bridgehead atoms. The Balaban J connectivity index is 0.00000312. The van der Waals surface area contributed by atoms with Crippen molar-refractivity contribution in [2.45, 2.75) is 44.3 Å². The van der Waals surface area contributed by atoms with Crippen molar-refractivity contribution in [3.05, 3.63) is 22.4 Å². The fraction of sp³-hybridized carbons (Fsp3) is 0.722. The number of nitrogens with zero attached hydrogens (tertiary/aromatic N) is 1. The largest absolute Gasteiger partial charge is 0.381 e. The second kappa shape index (κ2) is 12.4. The summed E-state index contributed by atoms with van der Waals surface area (Å²) in [7, 11) is 0. The maximum absolute atomic E-state index is 5.55. The molecule has 0 spiro atoms. The molecule has 1 aromatic rings. The summed E-state index contributed by atoms with van der Waals surface area (Å²) in [6.45, 7) is 11.0. The standard InChI is InChI=1S/C18H31N3OS2.HI/c1-4-19-17(20-12-15(3)16-6-11-23-13-16)21-14-18(24-5-2)7-9-22-10-8-18;/h6,11,13,15H,4-5,7-10,12,14H2,1-3H3,(H2,19,20,21);1H. The molecule has 1 aliphatic heterocycles. The van der Waals surface area contributed by atoms with Crippen LogP contribution in [0.1, 0.15) is 45.1 Å². The Kier molecular flexibility index (Phi) is 11.4. The van der Waals surface area contributed by atoms with E-state index in [4.69, 9.17) is 9.73 Å². The highest BCUT2D eigenvalue weighted by Crippen LogP contribution is 2.35. The molecule has 0 amide bonds. The summed E-state index contributed by atoms with van der Waals surface area (Å²) in [5.74, 6) is 2.55. The van der Waals surface area contributed by atoms with E-state index >= 15 is 0 Å². The Morgan fingerprint density at radius 3 is 2.72 bits per heavy atom. The normalized spacial score (nSPS) is 18.3. The molecule has 144 valence electrons. The van der Waals surface area contributed by atoms with Gasteiger partial charge in [-0.15, -0.1) is 24.0 Å². The molecule has 1 aromatic heterocycles. The average molecular weight is 498 g/mol. The van der Waals surface area contributed by atoms with Gasteiger partial charge in [0.1, 0.15) is 0 Å². The van der Waals surface area contributed by atoms with Gasteiger partial charge in [0, 0.05) is 31.1 Å². The van der Waals surface area contributed by atoms with Gasteiger partial charge in [0.25, 0.3) is 0 Å². The average Bonchev–Trinajstić information content (AvgIpc) is 3.13. The third-order valence-corrected chi connectivity index (χ3v) is 6.55. The molecule has 2 rings (SSSR count). The van der Waals surface area contributed by atoms with Crippen LogP contribution in [0.4, 0.5) is 0 Å². The molecule has 1 aliphatic rings. The zero-order chi connectivity index (χ0) is 17.3. The minimum absolute atomic E-state index is 0. The number of guanidine groups is 1. The minimum Gasteiger partial charge on any atom is -0.381 e. The lowest BCUT2D eigenvalue weighted by molar-refractivity contribution is 0.0793. The molecule has 0 aromatic carbocycles. The molecule has 1 fully saturated rings. The van der Waals surface area contributed by atoms with Crippen LogP contribution in [-0.4, -0.2) is 49.3 Å². The van der Waals surface area contributed by atoms with Crippen molar-refractivity contribution < 1.29 is 4.74 Å². The molecule has 4 nitrogen and oxygen atoms in total. The van der Waals surface area contributed by atoms with Crippen LogP contribution in [0.3, 0.4) is 0 Å². The van der Waals surface area contributed by atoms with Gasteiger partial charge in [0.2, 0.25) is 0 Å². The van der Waals surface area contributed by atoms with Gasteiger partial charge in [0.05, 0.1) is 6.54 Å². The molecule has 7 heteroatoms. The Morgan fingerprint density at radius 2 is 2.12 bits per heavy atom. The number of hydrogen-bond acceptors (Lipinski definition) is 4. The summed E-state index contributed by atoms with van der Waals surface area (Å²) in [5, 5.41) is 11.3. The number of nitrogens with one attached hydrogen (secondary N) is 2. The quantitative estimate of drug-likeness (QED) is 0.319. The SMILES string of the molecule is CCNC(=NCC1(SCC)CCOCC1)NCC(C)c1ccsc1.I. The lowest BCUT2D eigenvalue weighted by Gasteiger charge is -2.35. The maximum atomic E-state index is 5.55. The fourth-order valence-electron chi connectivity index (χ4n) is 2.89. The van der Waals surface area contributed by atoms with Crippen molar-refractivity contribution in [3.63, 3.8) is 0 Å². The van der Waals surface area contributed by atoms with E-state index in [1.807, 2.05) is 11.8 Å². The highest BCUT2D eigenvalue weighted by Gasteiger charge is 2.32. The molecule has 0 aliphatic carbocycles. The molecule has 2 N–H and O–H groups in total. The van der Waals surface area contributed by atoms with E-state index in [0.29, 0.717) is 5.92 Å². The molecule has 1 atom stereocenters. The van der Waals surface area contributed by atoms with E-state index in [1.54, 1.807) is 11.3 Å². The van der Waals surface area contributed by atoms with Crippen LogP contribution in [0.2, 0.25) is 0 Å². The lowest BCUT2D eigenvalue weighted by Crippen LogP contribution is -2.42. The first-order valence-electron chi connectivity index (χ1n) is 8.95. The predicted molar refractivity (Wildman–Crippen MR) is 123 cm³/mol. The highest BCUT2D eigenvalue weighted by molar-refractivity contribution is 14.0. The van der Waals surface area contributed by atoms with E-state index < -0.39 is 0 Å². The number of thiophene rings is 1. The van der Waals surface area contributed by atoms with Gasteiger partial charge >= 0.3 is 0 Å². The third-order valence-electron chi connectivity index (χ3n) is 4.41. The van der Waals surface area contributed by atoms with Crippen molar-refractivity contribution in [2.75, 3.05) is 38.6 Å². The van der Waals surface area contributed by atoms with Crippen LogP contribution in [0, 0.1) is 0 Å². The smallest absolute Gasteiger partial charge is 0.191 e. The Hall–Kier alpha value is 0.01000. The van der Waals surface area contributed by atoms with Gasteiger partial charge in [-0.25, -0.2) is 0 Å². The zero-order valence-corrected chi connectivity index (χ0v) is 19.5. The van der Waals surface area contributed by atoms with Crippen molar-refractivity contribution in [3.8, 4) is 0 Å².